The van der Waals surface area contributed by atoms with E-state index >= 15 is 0 Å². The van der Waals surface area contributed by atoms with Crippen LogP contribution in [0, 0.1) is 17.2 Å². The maximum atomic E-state index is 9.18. The summed E-state index contributed by atoms with van der Waals surface area (Å²) in [5.74, 6) is 1.57. The Morgan fingerprint density at radius 3 is 2.83 bits per heavy atom. The van der Waals surface area contributed by atoms with Crippen molar-refractivity contribution in [3.05, 3.63) is 35.7 Å². The van der Waals surface area contributed by atoms with Gasteiger partial charge in [0.05, 0.1) is 6.26 Å². The van der Waals surface area contributed by atoms with Crippen LogP contribution in [-0.4, -0.2) is 0 Å². The first kappa shape index (κ1) is 12.2. The molecule has 0 saturated heterocycles. The lowest BCUT2D eigenvalue weighted by Gasteiger charge is -2.06. The van der Waals surface area contributed by atoms with E-state index in [1.807, 2.05) is 12.1 Å². The molecule has 0 amide bonds. The standard InChI is InChI=1S/C14H15N3O/c1-9(2)6-10-7-11(13-4-3-5-18-13)12(8-15)14(16)17-10/h3-5,7,9H,6H2,1-2H3,(H2,16,17)/p+1. The number of hydrogen-bond donors (Lipinski definition) is 1. The van der Waals surface area contributed by atoms with Gasteiger partial charge in [0.2, 0.25) is 0 Å². The lowest BCUT2D eigenvalue weighted by atomic mass is 10.0. The number of rotatable bonds is 3. The number of anilines is 1. The van der Waals surface area contributed by atoms with Gasteiger partial charge in [-0.2, -0.15) is 5.26 Å². The highest BCUT2D eigenvalue weighted by molar-refractivity contribution is 5.70. The maximum absolute atomic E-state index is 9.18. The van der Waals surface area contributed by atoms with E-state index in [0.29, 0.717) is 23.1 Å². The van der Waals surface area contributed by atoms with E-state index in [0.717, 1.165) is 17.7 Å². The third-order valence-corrected chi connectivity index (χ3v) is 2.68. The summed E-state index contributed by atoms with van der Waals surface area (Å²) in [6, 6.07) is 7.68. The number of pyridine rings is 1. The summed E-state index contributed by atoms with van der Waals surface area (Å²) >= 11 is 0. The van der Waals surface area contributed by atoms with E-state index in [4.69, 9.17) is 10.2 Å². The molecule has 4 heteroatoms. The smallest absolute Gasteiger partial charge is 0.289 e. The Bertz CT molecular complexity index is 580. The van der Waals surface area contributed by atoms with E-state index in [-0.39, 0.29) is 0 Å². The quantitative estimate of drug-likeness (QED) is 0.897. The Morgan fingerprint density at radius 1 is 1.50 bits per heavy atom. The maximum Gasteiger partial charge on any atom is 0.289 e. The number of furan rings is 1. The first-order valence-corrected chi connectivity index (χ1v) is 5.90. The Kier molecular flexibility index (Phi) is 3.33. The van der Waals surface area contributed by atoms with Gasteiger partial charge >= 0.3 is 0 Å². The number of nitrogens with one attached hydrogen (secondary N) is 1. The molecular weight excluding hydrogens is 226 g/mol. The van der Waals surface area contributed by atoms with Crippen molar-refractivity contribution in [2.45, 2.75) is 20.3 Å². The fraction of sp³-hybridized carbons (Fsp3) is 0.286. The molecule has 0 radical (unpaired) electrons. The van der Waals surface area contributed by atoms with E-state index in [9.17, 15) is 5.26 Å². The second kappa shape index (κ2) is 4.92. The molecule has 0 aliphatic heterocycles. The second-order valence-electron chi connectivity index (χ2n) is 4.68. The SMILES string of the molecule is CC(C)Cc1cc(-c2ccco2)c(C#N)c(N)[nH+]1. The second-order valence-corrected chi connectivity index (χ2v) is 4.68. The van der Waals surface area contributed by atoms with Crippen LogP contribution in [-0.2, 0) is 6.42 Å². The summed E-state index contributed by atoms with van der Waals surface area (Å²) in [7, 11) is 0. The van der Waals surface area contributed by atoms with E-state index < -0.39 is 0 Å². The fourth-order valence-electron chi connectivity index (χ4n) is 1.96. The monoisotopic (exact) mass is 242 g/mol. The number of nitrogens with zero attached hydrogens (tertiary/aromatic N) is 1. The Hall–Kier alpha value is -2.28. The van der Waals surface area contributed by atoms with E-state index in [1.54, 1.807) is 12.3 Å². The summed E-state index contributed by atoms with van der Waals surface area (Å²) in [6.07, 6.45) is 2.47. The summed E-state index contributed by atoms with van der Waals surface area (Å²) in [6.45, 7) is 4.27. The molecule has 0 spiro atoms. The molecular formula is C14H16N3O+. The van der Waals surface area contributed by atoms with Gasteiger partial charge in [-0.1, -0.05) is 13.8 Å². The Labute approximate surface area is 106 Å². The zero-order chi connectivity index (χ0) is 13.1. The molecule has 0 aliphatic carbocycles. The molecule has 0 fully saturated rings. The summed E-state index contributed by atoms with van der Waals surface area (Å²) < 4.78 is 5.36. The van der Waals surface area contributed by atoms with Gasteiger partial charge in [-0.15, -0.1) is 0 Å². The fourth-order valence-corrected chi connectivity index (χ4v) is 1.96. The number of aromatic amines is 1. The van der Waals surface area contributed by atoms with Crippen molar-refractivity contribution in [1.29, 1.82) is 5.26 Å². The average molecular weight is 242 g/mol. The molecule has 0 aromatic carbocycles. The van der Waals surface area contributed by atoms with Crippen LogP contribution in [0.3, 0.4) is 0 Å². The summed E-state index contributed by atoms with van der Waals surface area (Å²) in [5, 5.41) is 9.18. The van der Waals surface area contributed by atoms with Crippen molar-refractivity contribution in [2.75, 3.05) is 5.73 Å². The van der Waals surface area contributed by atoms with Crippen molar-refractivity contribution in [2.24, 2.45) is 5.92 Å². The van der Waals surface area contributed by atoms with Crippen LogP contribution < -0.4 is 10.7 Å². The molecule has 3 N–H and O–H groups in total. The van der Waals surface area contributed by atoms with E-state index in [2.05, 4.69) is 24.9 Å². The topological polar surface area (TPSA) is 77.1 Å². The van der Waals surface area contributed by atoms with Gasteiger partial charge in [0.25, 0.3) is 5.82 Å². The minimum Gasteiger partial charge on any atom is -0.464 e. The van der Waals surface area contributed by atoms with Crippen LogP contribution >= 0.6 is 0 Å². The van der Waals surface area contributed by atoms with Crippen LogP contribution in [0.25, 0.3) is 11.3 Å². The number of hydrogen-bond acceptors (Lipinski definition) is 3. The minimum absolute atomic E-state index is 0.391. The van der Waals surface area contributed by atoms with Crippen LogP contribution in [0.1, 0.15) is 25.1 Å². The van der Waals surface area contributed by atoms with Crippen LogP contribution in [0.4, 0.5) is 5.82 Å². The van der Waals surface area contributed by atoms with Crippen LogP contribution in [0.2, 0.25) is 0 Å². The van der Waals surface area contributed by atoms with Gasteiger partial charge in [0.1, 0.15) is 17.5 Å². The highest BCUT2D eigenvalue weighted by atomic mass is 16.3. The highest BCUT2D eigenvalue weighted by Gasteiger charge is 2.18. The predicted octanol–water partition coefficient (Wildman–Crippen LogP) is 2.41. The molecule has 0 unspecified atom stereocenters. The van der Waals surface area contributed by atoms with Crippen LogP contribution in [0.15, 0.2) is 28.9 Å². The van der Waals surface area contributed by atoms with Gasteiger partial charge in [-0.05, 0) is 24.1 Å². The molecule has 0 aliphatic rings. The van der Waals surface area contributed by atoms with Gasteiger partial charge in [0, 0.05) is 12.0 Å². The number of H-pyrrole nitrogens is 1. The van der Waals surface area contributed by atoms with Crippen LogP contribution in [0.5, 0.6) is 0 Å². The van der Waals surface area contributed by atoms with E-state index in [1.165, 1.54) is 0 Å². The molecule has 2 rings (SSSR count). The lowest BCUT2D eigenvalue weighted by Crippen LogP contribution is -2.20. The third-order valence-electron chi connectivity index (χ3n) is 2.68. The summed E-state index contributed by atoms with van der Waals surface area (Å²) in [5.41, 5.74) is 8.08. The zero-order valence-corrected chi connectivity index (χ0v) is 10.5. The largest absolute Gasteiger partial charge is 0.464 e. The van der Waals surface area contributed by atoms with Gasteiger partial charge in [-0.3, -0.25) is 5.73 Å². The number of nitrogens with two attached hydrogens (primary N) is 1. The Morgan fingerprint density at radius 2 is 2.28 bits per heavy atom. The van der Waals surface area contributed by atoms with Crippen molar-refractivity contribution >= 4 is 5.82 Å². The molecule has 4 nitrogen and oxygen atoms in total. The third kappa shape index (κ3) is 2.35. The molecule has 2 aromatic rings. The van der Waals surface area contributed by atoms with Gasteiger partial charge in [-0.25, -0.2) is 4.98 Å². The first-order chi connectivity index (χ1) is 8.61. The number of nitriles is 1. The Balaban J connectivity index is 2.55. The highest BCUT2D eigenvalue weighted by Crippen LogP contribution is 2.26. The average Bonchev–Trinajstić information content (AvgIpc) is 2.80. The molecule has 18 heavy (non-hydrogen) atoms. The van der Waals surface area contributed by atoms with Crippen molar-refractivity contribution in [3.8, 4) is 17.4 Å². The predicted molar refractivity (Wildman–Crippen MR) is 68.4 cm³/mol. The van der Waals surface area contributed by atoms with Gasteiger partial charge < -0.3 is 4.42 Å². The number of nitrogen functional groups attached to an aromatic ring is 1. The normalized spacial score (nSPS) is 10.6. The zero-order valence-electron chi connectivity index (χ0n) is 10.5. The lowest BCUT2D eigenvalue weighted by molar-refractivity contribution is -0.373. The van der Waals surface area contributed by atoms with Crippen molar-refractivity contribution < 1.29 is 9.40 Å². The molecule has 2 aromatic heterocycles. The van der Waals surface area contributed by atoms with Crippen molar-refractivity contribution in [1.82, 2.24) is 0 Å². The van der Waals surface area contributed by atoms with Crippen molar-refractivity contribution in [3.63, 3.8) is 0 Å². The summed E-state index contributed by atoms with van der Waals surface area (Å²) in [4.78, 5) is 3.07. The molecule has 0 saturated carbocycles. The minimum atomic E-state index is 0.391. The molecule has 0 atom stereocenters. The molecule has 92 valence electrons. The van der Waals surface area contributed by atoms with Gasteiger partial charge in [0.15, 0.2) is 5.56 Å². The molecule has 2 heterocycles. The first-order valence-electron chi connectivity index (χ1n) is 5.90. The number of aromatic nitrogens is 1. The molecule has 0 bridgehead atoms.